The Labute approximate surface area is 207 Å². The number of aliphatic hydroxyl groups is 1. The van der Waals surface area contributed by atoms with Crippen LogP contribution in [0.5, 0.6) is 0 Å². The van der Waals surface area contributed by atoms with Gasteiger partial charge in [-0.3, -0.25) is 0 Å². The van der Waals surface area contributed by atoms with Gasteiger partial charge in [0, 0.05) is 18.5 Å². The van der Waals surface area contributed by atoms with E-state index in [1.54, 1.807) is 6.21 Å². The predicted molar refractivity (Wildman–Crippen MR) is 138 cm³/mol. The number of nitrogens with zero attached hydrogens (tertiary/aromatic N) is 2. The van der Waals surface area contributed by atoms with Crippen molar-refractivity contribution in [3.05, 3.63) is 12.2 Å². The summed E-state index contributed by atoms with van der Waals surface area (Å²) < 4.78 is 6.06. The number of nitrogens with two attached hydrogens (primary N) is 1. The number of rotatable bonds is 9. The predicted octanol–water partition coefficient (Wildman–Crippen LogP) is 4.22. The van der Waals surface area contributed by atoms with Crippen LogP contribution in [0.2, 0.25) is 0 Å². The molecule has 0 amide bonds. The highest BCUT2D eigenvalue weighted by Crippen LogP contribution is 2.69. The third-order valence-corrected chi connectivity index (χ3v) is 10.5. The Balaban J connectivity index is 1.40. The van der Waals surface area contributed by atoms with Gasteiger partial charge >= 0.3 is 0 Å². The summed E-state index contributed by atoms with van der Waals surface area (Å²) in [5, 5.41) is 16.4. The molecule has 0 aromatic carbocycles. The molecule has 4 aliphatic rings. The highest BCUT2D eigenvalue weighted by molar-refractivity contribution is 5.70. The fourth-order valence-electron chi connectivity index (χ4n) is 8.46. The fourth-order valence-corrected chi connectivity index (χ4v) is 8.46. The molecule has 4 aliphatic carbocycles. The van der Waals surface area contributed by atoms with Crippen molar-refractivity contribution in [2.24, 2.45) is 45.4 Å². The standard InChI is InChI=1S/C28H49N3O3/c1-26-12-10-23(33-18-15-29)20-22(26)7-8-25-24(26)11-13-27(2)21(9-14-28(25,27)32)6-5-16-30-34-19-17-31(3)4/h5-6,16,21-25,32H,7-15,17-20,29H2,1-4H3/b6-5+,30-16+/t21?,22-,23+,24+,25-,26+,27-,28+/m1/s1. The van der Waals surface area contributed by atoms with E-state index in [-0.39, 0.29) is 5.41 Å². The van der Waals surface area contributed by atoms with E-state index >= 15 is 0 Å². The zero-order valence-electron chi connectivity index (χ0n) is 22.0. The molecule has 0 saturated heterocycles. The highest BCUT2D eigenvalue weighted by atomic mass is 16.6. The average molecular weight is 476 g/mol. The van der Waals surface area contributed by atoms with Crippen molar-refractivity contribution >= 4 is 6.21 Å². The summed E-state index contributed by atoms with van der Waals surface area (Å²) >= 11 is 0. The lowest BCUT2D eigenvalue weighted by molar-refractivity contribution is -0.209. The van der Waals surface area contributed by atoms with E-state index in [1.165, 1.54) is 25.7 Å². The second-order valence-corrected chi connectivity index (χ2v) is 12.4. The lowest BCUT2D eigenvalue weighted by Gasteiger charge is -2.63. The minimum Gasteiger partial charge on any atom is -0.394 e. The van der Waals surface area contributed by atoms with Crippen molar-refractivity contribution in [2.75, 3.05) is 40.4 Å². The summed E-state index contributed by atoms with van der Waals surface area (Å²) in [5.41, 5.74) is 5.42. The maximum absolute atomic E-state index is 12.3. The lowest BCUT2D eigenvalue weighted by Crippen LogP contribution is -2.62. The quantitative estimate of drug-likeness (QED) is 0.296. The molecule has 1 unspecified atom stereocenters. The Bertz CT molecular complexity index is 742. The molecule has 8 atom stereocenters. The lowest BCUT2D eigenvalue weighted by atomic mass is 9.43. The highest BCUT2D eigenvalue weighted by Gasteiger charge is 2.66. The molecule has 4 rings (SSSR count). The molecule has 34 heavy (non-hydrogen) atoms. The average Bonchev–Trinajstić information content (AvgIpc) is 3.07. The van der Waals surface area contributed by atoms with Crippen LogP contribution in [0.1, 0.15) is 71.6 Å². The number of oxime groups is 1. The van der Waals surface area contributed by atoms with E-state index < -0.39 is 5.60 Å². The van der Waals surface area contributed by atoms with E-state index in [2.05, 4.69) is 30.0 Å². The first-order chi connectivity index (χ1) is 16.2. The maximum atomic E-state index is 12.3. The van der Waals surface area contributed by atoms with Crippen LogP contribution in [0.4, 0.5) is 0 Å². The van der Waals surface area contributed by atoms with Crippen molar-refractivity contribution in [2.45, 2.75) is 83.3 Å². The summed E-state index contributed by atoms with van der Waals surface area (Å²) in [4.78, 5) is 7.41. The monoisotopic (exact) mass is 475 g/mol. The Morgan fingerprint density at radius 1 is 1.03 bits per heavy atom. The van der Waals surface area contributed by atoms with Crippen molar-refractivity contribution < 1.29 is 14.7 Å². The summed E-state index contributed by atoms with van der Waals surface area (Å²) in [6, 6.07) is 0. The molecule has 4 saturated carbocycles. The van der Waals surface area contributed by atoms with Gasteiger partial charge in [0.2, 0.25) is 0 Å². The molecule has 0 aromatic heterocycles. The van der Waals surface area contributed by atoms with E-state index in [1.807, 2.05) is 20.2 Å². The second-order valence-electron chi connectivity index (χ2n) is 12.4. The molecule has 0 aromatic rings. The summed E-state index contributed by atoms with van der Waals surface area (Å²) in [7, 11) is 4.05. The van der Waals surface area contributed by atoms with Crippen LogP contribution in [-0.4, -0.2) is 68.3 Å². The number of hydrogen-bond acceptors (Lipinski definition) is 6. The molecular formula is C28H49N3O3. The molecule has 194 valence electrons. The molecular weight excluding hydrogens is 426 g/mol. The molecule has 0 bridgehead atoms. The van der Waals surface area contributed by atoms with Gasteiger partial charge in [-0.05, 0) is 107 Å². The molecule has 6 heteroatoms. The first-order valence-electron chi connectivity index (χ1n) is 13.8. The number of hydrogen-bond donors (Lipinski definition) is 2. The van der Waals surface area contributed by atoms with Gasteiger partial charge < -0.3 is 25.3 Å². The Kier molecular flexibility index (Phi) is 8.13. The van der Waals surface area contributed by atoms with Crippen molar-refractivity contribution in [3.8, 4) is 0 Å². The van der Waals surface area contributed by atoms with Crippen LogP contribution in [0.15, 0.2) is 17.3 Å². The molecule has 0 spiro atoms. The zero-order valence-corrected chi connectivity index (χ0v) is 22.0. The van der Waals surface area contributed by atoms with E-state index in [9.17, 15) is 5.11 Å². The number of fused-ring (bicyclic) bond motifs is 5. The smallest absolute Gasteiger partial charge is 0.129 e. The summed E-state index contributed by atoms with van der Waals surface area (Å²) in [6.45, 7) is 7.65. The number of likely N-dealkylation sites (N-methyl/N-ethyl adjacent to an activating group) is 1. The third kappa shape index (κ3) is 4.72. The van der Waals surface area contributed by atoms with Crippen LogP contribution >= 0.6 is 0 Å². The largest absolute Gasteiger partial charge is 0.394 e. The van der Waals surface area contributed by atoms with E-state index in [0.29, 0.717) is 49.0 Å². The van der Waals surface area contributed by atoms with Gasteiger partial charge in [-0.1, -0.05) is 25.1 Å². The van der Waals surface area contributed by atoms with Gasteiger partial charge in [0.1, 0.15) is 6.61 Å². The van der Waals surface area contributed by atoms with Crippen LogP contribution < -0.4 is 5.73 Å². The number of ether oxygens (including phenoxy) is 1. The van der Waals surface area contributed by atoms with Gasteiger partial charge in [-0.15, -0.1) is 0 Å². The summed E-state index contributed by atoms with van der Waals surface area (Å²) in [5.74, 6) is 2.18. The maximum Gasteiger partial charge on any atom is 0.129 e. The molecule has 4 fully saturated rings. The molecule has 3 N–H and O–H groups in total. The molecule has 0 heterocycles. The van der Waals surface area contributed by atoms with E-state index in [4.69, 9.17) is 15.3 Å². The second kappa shape index (κ2) is 10.6. The zero-order chi connectivity index (χ0) is 24.4. The Hall–Kier alpha value is -0.950. The fraction of sp³-hybridized carbons (Fsp3) is 0.893. The minimum absolute atomic E-state index is 0.0467. The third-order valence-electron chi connectivity index (χ3n) is 10.5. The van der Waals surface area contributed by atoms with E-state index in [0.717, 1.165) is 44.6 Å². The van der Waals surface area contributed by atoms with Gasteiger partial charge in [0.05, 0.1) is 24.5 Å². The van der Waals surface area contributed by atoms with Crippen molar-refractivity contribution in [1.29, 1.82) is 0 Å². The van der Waals surface area contributed by atoms with Crippen LogP contribution in [0.3, 0.4) is 0 Å². The molecule has 0 aliphatic heterocycles. The van der Waals surface area contributed by atoms with Crippen LogP contribution in [0, 0.1) is 34.5 Å². The number of allylic oxidation sites excluding steroid dienone is 2. The molecule has 0 radical (unpaired) electrons. The van der Waals surface area contributed by atoms with Crippen LogP contribution in [-0.2, 0) is 9.57 Å². The summed E-state index contributed by atoms with van der Waals surface area (Å²) in [6.07, 6.45) is 16.8. The Morgan fingerprint density at radius 3 is 2.62 bits per heavy atom. The Morgan fingerprint density at radius 2 is 1.85 bits per heavy atom. The SMILES string of the molecule is CN(C)CCO/N=C/C=C/C1CC[C@]2(O)[C@@H]3CC[C@@H]4C[C@@H](OCCN)CC[C@]4(C)[C@H]3CC[C@]12C. The van der Waals surface area contributed by atoms with Crippen molar-refractivity contribution in [3.63, 3.8) is 0 Å². The first-order valence-corrected chi connectivity index (χ1v) is 13.8. The van der Waals surface area contributed by atoms with Crippen LogP contribution in [0.25, 0.3) is 0 Å². The van der Waals surface area contributed by atoms with Gasteiger partial charge in [-0.25, -0.2) is 0 Å². The topological polar surface area (TPSA) is 80.3 Å². The van der Waals surface area contributed by atoms with Gasteiger partial charge in [-0.2, -0.15) is 0 Å². The molecule has 6 nitrogen and oxygen atoms in total. The van der Waals surface area contributed by atoms with Gasteiger partial charge in [0.15, 0.2) is 0 Å². The normalized spacial score (nSPS) is 44.4. The van der Waals surface area contributed by atoms with Crippen molar-refractivity contribution in [1.82, 2.24) is 4.90 Å². The van der Waals surface area contributed by atoms with Gasteiger partial charge in [0.25, 0.3) is 0 Å². The first kappa shape index (κ1) is 26.1. The minimum atomic E-state index is -0.550.